The predicted octanol–water partition coefficient (Wildman–Crippen LogP) is 3.21. The summed E-state index contributed by atoms with van der Waals surface area (Å²) in [7, 11) is 0. The summed E-state index contributed by atoms with van der Waals surface area (Å²) in [5, 5.41) is 5.62. The third kappa shape index (κ3) is 4.78. The summed E-state index contributed by atoms with van der Waals surface area (Å²) in [6, 6.07) is 4.75. The zero-order valence-corrected chi connectivity index (χ0v) is 10.6. The van der Waals surface area contributed by atoms with Crippen LogP contribution in [-0.2, 0) is 4.74 Å². The third-order valence-corrected chi connectivity index (χ3v) is 3.18. The second-order valence-electron chi connectivity index (χ2n) is 3.83. The molecule has 0 aliphatic heterocycles. The SMILES string of the molecule is CCNC(CCOC(C)C)c1cccs1. The first-order valence-corrected chi connectivity index (χ1v) is 6.50. The minimum Gasteiger partial charge on any atom is -0.379 e. The molecule has 0 aromatic carbocycles. The molecule has 1 rings (SSSR count). The molecule has 0 saturated carbocycles. The molecule has 86 valence electrons. The second-order valence-corrected chi connectivity index (χ2v) is 4.81. The number of rotatable bonds is 7. The molecule has 0 spiro atoms. The molecule has 1 N–H and O–H groups in total. The van der Waals surface area contributed by atoms with E-state index in [4.69, 9.17) is 4.74 Å². The van der Waals surface area contributed by atoms with Crippen LogP contribution in [0.2, 0.25) is 0 Å². The Balaban J connectivity index is 2.38. The zero-order chi connectivity index (χ0) is 11.1. The van der Waals surface area contributed by atoms with Crippen molar-refractivity contribution in [2.24, 2.45) is 0 Å². The Morgan fingerprint density at radius 3 is 2.80 bits per heavy atom. The molecule has 1 heterocycles. The quantitative estimate of drug-likeness (QED) is 0.772. The van der Waals surface area contributed by atoms with Crippen LogP contribution in [0.5, 0.6) is 0 Å². The lowest BCUT2D eigenvalue weighted by Gasteiger charge is -2.17. The second kappa shape index (κ2) is 6.99. The summed E-state index contributed by atoms with van der Waals surface area (Å²) in [4.78, 5) is 1.41. The molecule has 0 aliphatic rings. The van der Waals surface area contributed by atoms with Gasteiger partial charge in [-0.15, -0.1) is 11.3 Å². The molecule has 3 heteroatoms. The smallest absolute Gasteiger partial charge is 0.0518 e. The number of hydrogen-bond donors (Lipinski definition) is 1. The lowest BCUT2D eigenvalue weighted by molar-refractivity contribution is 0.0718. The summed E-state index contributed by atoms with van der Waals surface area (Å²) in [5.74, 6) is 0. The van der Waals surface area contributed by atoms with Gasteiger partial charge in [0.25, 0.3) is 0 Å². The van der Waals surface area contributed by atoms with Crippen LogP contribution in [0.3, 0.4) is 0 Å². The number of nitrogens with one attached hydrogen (secondary N) is 1. The van der Waals surface area contributed by atoms with Gasteiger partial charge in [-0.1, -0.05) is 13.0 Å². The number of ether oxygens (including phenoxy) is 1. The van der Waals surface area contributed by atoms with Gasteiger partial charge in [0.15, 0.2) is 0 Å². The van der Waals surface area contributed by atoms with Gasteiger partial charge < -0.3 is 10.1 Å². The van der Waals surface area contributed by atoms with E-state index in [-0.39, 0.29) is 0 Å². The van der Waals surface area contributed by atoms with Crippen molar-refractivity contribution in [3.8, 4) is 0 Å². The average molecular weight is 227 g/mol. The normalized spacial score (nSPS) is 13.3. The van der Waals surface area contributed by atoms with E-state index >= 15 is 0 Å². The summed E-state index contributed by atoms with van der Waals surface area (Å²) in [6.45, 7) is 8.13. The molecule has 1 aromatic rings. The molecule has 0 aliphatic carbocycles. The summed E-state index contributed by atoms with van der Waals surface area (Å²) < 4.78 is 5.58. The van der Waals surface area contributed by atoms with Crippen LogP contribution in [0.25, 0.3) is 0 Å². The van der Waals surface area contributed by atoms with Gasteiger partial charge in [0.05, 0.1) is 6.10 Å². The van der Waals surface area contributed by atoms with E-state index in [1.165, 1.54) is 4.88 Å². The Kier molecular flexibility index (Phi) is 5.91. The maximum atomic E-state index is 5.58. The molecule has 1 aromatic heterocycles. The first-order valence-electron chi connectivity index (χ1n) is 5.62. The first-order chi connectivity index (χ1) is 7.24. The molecule has 1 atom stereocenters. The Morgan fingerprint density at radius 2 is 2.27 bits per heavy atom. The van der Waals surface area contributed by atoms with Gasteiger partial charge in [-0.25, -0.2) is 0 Å². The zero-order valence-electron chi connectivity index (χ0n) is 9.82. The van der Waals surface area contributed by atoms with E-state index in [1.54, 1.807) is 0 Å². The fourth-order valence-corrected chi connectivity index (χ4v) is 2.34. The van der Waals surface area contributed by atoms with Gasteiger partial charge in [-0.3, -0.25) is 0 Å². The van der Waals surface area contributed by atoms with Gasteiger partial charge in [-0.2, -0.15) is 0 Å². The third-order valence-electron chi connectivity index (χ3n) is 2.19. The molecule has 0 bridgehead atoms. The van der Waals surface area contributed by atoms with Crippen LogP contribution in [0.1, 0.15) is 38.1 Å². The van der Waals surface area contributed by atoms with E-state index in [0.717, 1.165) is 19.6 Å². The van der Waals surface area contributed by atoms with Crippen molar-refractivity contribution in [3.05, 3.63) is 22.4 Å². The van der Waals surface area contributed by atoms with Crippen molar-refractivity contribution in [1.29, 1.82) is 0 Å². The molecular formula is C12H21NOS. The van der Waals surface area contributed by atoms with Crippen LogP contribution < -0.4 is 5.32 Å². The van der Waals surface area contributed by atoms with Crippen molar-refractivity contribution in [2.45, 2.75) is 39.3 Å². The van der Waals surface area contributed by atoms with Crippen molar-refractivity contribution < 1.29 is 4.74 Å². The molecule has 1 unspecified atom stereocenters. The molecule has 0 amide bonds. The largest absolute Gasteiger partial charge is 0.379 e. The highest BCUT2D eigenvalue weighted by atomic mass is 32.1. The van der Waals surface area contributed by atoms with Gasteiger partial charge >= 0.3 is 0 Å². The topological polar surface area (TPSA) is 21.3 Å². The van der Waals surface area contributed by atoms with Crippen molar-refractivity contribution in [1.82, 2.24) is 5.32 Å². The standard InChI is InChI=1S/C12H21NOS/c1-4-13-11(7-8-14-10(2)3)12-6-5-9-15-12/h5-6,9-11,13H,4,7-8H2,1-3H3. The molecule has 2 nitrogen and oxygen atoms in total. The maximum Gasteiger partial charge on any atom is 0.0518 e. The fourth-order valence-electron chi connectivity index (χ4n) is 1.50. The molecule has 0 fully saturated rings. The minimum absolute atomic E-state index is 0.329. The van der Waals surface area contributed by atoms with Crippen LogP contribution in [-0.4, -0.2) is 19.3 Å². The Hall–Kier alpha value is -0.380. The molecule has 15 heavy (non-hydrogen) atoms. The van der Waals surface area contributed by atoms with Gasteiger partial charge in [0, 0.05) is 17.5 Å². The monoisotopic (exact) mass is 227 g/mol. The lowest BCUT2D eigenvalue weighted by Crippen LogP contribution is -2.22. The number of thiophene rings is 1. The van der Waals surface area contributed by atoms with E-state index in [1.807, 2.05) is 11.3 Å². The Bertz CT molecular complexity index is 246. The summed E-state index contributed by atoms with van der Waals surface area (Å²) in [5.41, 5.74) is 0. The highest BCUT2D eigenvalue weighted by Gasteiger charge is 2.10. The summed E-state index contributed by atoms with van der Waals surface area (Å²) in [6.07, 6.45) is 1.38. The molecule has 0 saturated heterocycles. The van der Waals surface area contributed by atoms with Crippen LogP contribution in [0.15, 0.2) is 17.5 Å². The Labute approximate surface area is 96.7 Å². The maximum absolute atomic E-state index is 5.58. The predicted molar refractivity (Wildman–Crippen MR) is 66.4 cm³/mol. The fraction of sp³-hybridized carbons (Fsp3) is 0.667. The molecular weight excluding hydrogens is 206 g/mol. The highest BCUT2D eigenvalue weighted by molar-refractivity contribution is 7.10. The van der Waals surface area contributed by atoms with E-state index < -0.39 is 0 Å². The average Bonchev–Trinajstić information content (AvgIpc) is 2.68. The molecule has 0 radical (unpaired) electrons. The van der Waals surface area contributed by atoms with Crippen LogP contribution in [0.4, 0.5) is 0 Å². The van der Waals surface area contributed by atoms with Crippen LogP contribution >= 0.6 is 11.3 Å². The minimum atomic E-state index is 0.329. The number of hydrogen-bond acceptors (Lipinski definition) is 3. The van der Waals surface area contributed by atoms with Crippen molar-refractivity contribution in [3.63, 3.8) is 0 Å². The van der Waals surface area contributed by atoms with Gasteiger partial charge in [0.1, 0.15) is 0 Å². The van der Waals surface area contributed by atoms with E-state index in [2.05, 4.69) is 43.6 Å². The van der Waals surface area contributed by atoms with Gasteiger partial charge in [0.2, 0.25) is 0 Å². The van der Waals surface area contributed by atoms with E-state index in [0.29, 0.717) is 12.1 Å². The van der Waals surface area contributed by atoms with Crippen molar-refractivity contribution >= 4 is 11.3 Å². The van der Waals surface area contributed by atoms with Gasteiger partial charge in [-0.05, 0) is 38.3 Å². The van der Waals surface area contributed by atoms with E-state index in [9.17, 15) is 0 Å². The highest BCUT2D eigenvalue weighted by Crippen LogP contribution is 2.21. The Morgan fingerprint density at radius 1 is 1.47 bits per heavy atom. The van der Waals surface area contributed by atoms with Crippen LogP contribution in [0, 0.1) is 0 Å². The summed E-state index contributed by atoms with van der Waals surface area (Å²) >= 11 is 1.81. The lowest BCUT2D eigenvalue weighted by atomic mass is 10.2. The first kappa shape index (κ1) is 12.7. The van der Waals surface area contributed by atoms with Crippen molar-refractivity contribution in [2.75, 3.05) is 13.2 Å².